The molecule has 72 valence electrons. The van der Waals surface area contributed by atoms with Crippen LogP contribution in [0, 0.1) is 0 Å². The minimum absolute atomic E-state index is 0.0937. The van der Waals surface area contributed by atoms with Crippen molar-refractivity contribution in [3.05, 3.63) is 0 Å². The van der Waals surface area contributed by atoms with E-state index < -0.39 is 6.17 Å². The molecule has 1 saturated heterocycles. The minimum atomic E-state index is -0.626. The summed E-state index contributed by atoms with van der Waals surface area (Å²) in [5.41, 5.74) is 0. The maximum Gasteiger partial charge on any atom is 0.117 e. The van der Waals surface area contributed by atoms with Crippen LogP contribution in [0.1, 0.15) is 26.7 Å². The van der Waals surface area contributed by atoms with E-state index in [-0.39, 0.29) is 6.04 Å². The summed E-state index contributed by atoms with van der Waals surface area (Å²) in [4.78, 5) is 0. The third-order valence-corrected chi connectivity index (χ3v) is 2.27. The Bertz CT molecular complexity index is 128. The SMILES string of the molecule is CC(C)NCCC1NCCC1F. The highest BCUT2D eigenvalue weighted by Gasteiger charge is 2.25. The molecule has 0 bridgehead atoms. The molecule has 0 radical (unpaired) electrons. The van der Waals surface area contributed by atoms with Gasteiger partial charge in [-0.2, -0.15) is 0 Å². The summed E-state index contributed by atoms with van der Waals surface area (Å²) in [7, 11) is 0. The van der Waals surface area contributed by atoms with Gasteiger partial charge >= 0.3 is 0 Å². The second-order valence-corrected chi connectivity index (χ2v) is 3.76. The molecule has 1 rings (SSSR count). The predicted octanol–water partition coefficient (Wildman–Crippen LogP) is 1.07. The van der Waals surface area contributed by atoms with Crippen molar-refractivity contribution in [2.24, 2.45) is 0 Å². The van der Waals surface area contributed by atoms with Crippen molar-refractivity contribution in [1.82, 2.24) is 10.6 Å². The van der Waals surface area contributed by atoms with Crippen LogP contribution in [0.25, 0.3) is 0 Å². The van der Waals surface area contributed by atoms with Crippen molar-refractivity contribution in [3.8, 4) is 0 Å². The van der Waals surface area contributed by atoms with Crippen molar-refractivity contribution < 1.29 is 4.39 Å². The lowest BCUT2D eigenvalue weighted by atomic mass is 10.1. The van der Waals surface area contributed by atoms with Crippen molar-refractivity contribution in [1.29, 1.82) is 0 Å². The zero-order valence-corrected chi connectivity index (χ0v) is 7.94. The third-order valence-electron chi connectivity index (χ3n) is 2.27. The second kappa shape index (κ2) is 4.77. The molecule has 0 aromatic carbocycles. The summed E-state index contributed by atoms with van der Waals surface area (Å²) in [6, 6.07) is 0.598. The monoisotopic (exact) mass is 174 g/mol. The van der Waals surface area contributed by atoms with Crippen LogP contribution in [0.3, 0.4) is 0 Å². The summed E-state index contributed by atoms with van der Waals surface area (Å²) in [5, 5.41) is 6.45. The molecule has 0 aromatic rings. The number of rotatable bonds is 4. The first-order valence-corrected chi connectivity index (χ1v) is 4.81. The molecular formula is C9H19FN2. The smallest absolute Gasteiger partial charge is 0.117 e. The largest absolute Gasteiger partial charge is 0.314 e. The van der Waals surface area contributed by atoms with Gasteiger partial charge in [0.15, 0.2) is 0 Å². The van der Waals surface area contributed by atoms with Crippen LogP contribution in [-0.2, 0) is 0 Å². The number of nitrogens with one attached hydrogen (secondary N) is 2. The lowest BCUT2D eigenvalue weighted by Gasteiger charge is -2.14. The lowest BCUT2D eigenvalue weighted by molar-refractivity contribution is 0.288. The highest BCUT2D eigenvalue weighted by Crippen LogP contribution is 2.13. The Hall–Kier alpha value is -0.150. The summed E-state index contributed by atoms with van der Waals surface area (Å²) in [5.74, 6) is 0. The van der Waals surface area contributed by atoms with Gasteiger partial charge in [-0.15, -0.1) is 0 Å². The summed E-state index contributed by atoms with van der Waals surface area (Å²) < 4.78 is 13.0. The van der Waals surface area contributed by atoms with E-state index >= 15 is 0 Å². The van der Waals surface area contributed by atoms with Crippen LogP contribution in [0.15, 0.2) is 0 Å². The van der Waals surface area contributed by atoms with Gasteiger partial charge in [-0.05, 0) is 25.9 Å². The Morgan fingerprint density at radius 1 is 1.58 bits per heavy atom. The maximum atomic E-state index is 13.0. The fourth-order valence-electron chi connectivity index (χ4n) is 1.55. The van der Waals surface area contributed by atoms with E-state index in [4.69, 9.17) is 0 Å². The van der Waals surface area contributed by atoms with Gasteiger partial charge in [0.1, 0.15) is 6.17 Å². The normalized spacial score (nSPS) is 30.0. The zero-order valence-electron chi connectivity index (χ0n) is 7.94. The molecule has 2 unspecified atom stereocenters. The molecule has 0 spiro atoms. The molecule has 0 aromatic heterocycles. The summed E-state index contributed by atoms with van der Waals surface area (Å²) in [6.07, 6.45) is 0.963. The highest BCUT2D eigenvalue weighted by molar-refractivity contribution is 4.83. The van der Waals surface area contributed by atoms with E-state index in [2.05, 4.69) is 24.5 Å². The topological polar surface area (TPSA) is 24.1 Å². The first-order chi connectivity index (χ1) is 5.70. The first-order valence-electron chi connectivity index (χ1n) is 4.81. The average Bonchev–Trinajstić information content (AvgIpc) is 2.36. The molecule has 2 nitrogen and oxygen atoms in total. The van der Waals surface area contributed by atoms with Crippen molar-refractivity contribution >= 4 is 0 Å². The van der Waals surface area contributed by atoms with Gasteiger partial charge in [0.25, 0.3) is 0 Å². The van der Waals surface area contributed by atoms with E-state index in [9.17, 15) is 4.39 Å². The highest BCUT2D eigenvalue weighted by atomic mass is 19.1. The Morgan fingerprint density at radius 3 is 2.83 bits per heavy atom. The molecule has 1 fully saturated rings. The van der Waals surface area contributed by atoms with E-state index in [0.29, 0.717) is 12.5 Å². The molecule has 1 aliphatic heterocycles. The van der Waals surface area contributed by atoms with Gasteiger partial charge < -0.3 is 10.6 Å². The first kappa shape index (κ1) is 9.93. The van der Waals surface area contributed by atoms with Crippen LogP contribution in [-0.4, -0.2) is 31.3 Å². The summed E-state index contributed by atoms with van der Waals surface area (Å²) in [6.45, 7) is 5.97. The Morgan fingerprint density at radius 2 is 2.33 bits per heavy atom. The van der Waals surface area contributed by atoms with Crippen molar-refractivity contribution in [2.75, 3.05) is 13.1 Å². The molecule has 1 heterocycles. The van der Waals surface area contributed by atoms with Crippen molar-refractivity contribution in [2.45, 2.75) is 44.9 Å². The number of hydrogen-bond donors (Lipinski definition) is 2. The van der Waals surface area contributed by atoms with E-state index in [1.54, 1.807) is 0 Å². The predicted molar refractivity (Wildman–Crippen MR) is 49.1 cm³/mol. The van der Waals surface area contributed by atoms with Crippen LogP contribution < -0.4 is 10.6 Å². The van der Waals surface area contributed by atoms with Crippen molar-refractivity contribution in [3.63, 3.8) is 0 Å². The van der Waals surface area contributed by atoms with E-state index in [0.717, 1.165) is 19.5 Å². The fourth-order valence-corrected chi connectivity index (χ4v) is 1.55. The van der Waals surface area contributed by atoms with Gasteiger partial charge in [0.2, 0.25) is 0 Å². The number of halogens is 1. The standard InChI is InChI=1S/C9H19FN2/c1-7(2)11-6-4-9-8(10)3-5-12-9/h7-9,11-12H,3-6H2,1-2H3. The van der Waals surface area contributed by atoms with Crippen LogP contribution in [0.4, 0.5) is 4.39 Å². The molecule has 0 saturated carbocycles. The van der Waals surface area contributed by atoms with E-state index in [1.807, 2.05) is 0 Å². The average molecular weight is 174 g/mol. The molecule has 0 aliphatic carbocycles. The van der Waals surface area contributed by atoms with Gasteiger partial charge in [0.05, 0.1) is 0 Å². The van der Waals surface area contributed by atoms with E-state index in [1.165, 1.54) is 0 Å². The molecule has 12 heavy (non-hydrogen) atoms. The molecule has 0 amide bonds. The van der Waals surface area contributed by atoms with Gasteiger partial charge in [-0.1, -0.05) is 13.8 Å². The van der Waals surface area contributed by atoms with Gasteiger partial charge in [-0.3, -0.25) is 0 Å². The van der Waals surface area contributed by atoms with Gasteiger partial charge in [-0.25, -0.2) is 4.39 Å². The quantitative estimate of drug-likeness (QED) is 0.666. The second-order valence-electron chi connectivity index (χ2n) is 3.76. The fraction of sp³-hybridized carbons (Fsp3) is 1.00. The van der Waals surface area contributed by atoms with Crippen LogP contribution >= 0.6 is 0 Å². The third kappa shape index (κ3) is 3.07. The van der Waals surface area contributed by atoms with Gasteiger partial charge in [0, 0.05) is 12.1 Å². The lowest BCUT2D eigenvalue weighted by Crippen LogP contribution is -2.34. The number of alkyl halides is 1. The Balaban J connectivity index is 2.06. The molecule has 1 aliphatic rings. The van der Waals surface area contributed by atoms with Crippen LogP contribution in [0.2, 0.25) is 0 Å². The zero-order chi connectivity index (χ0) is 8.97. The Kier molecular flexibility index (Phi) is 3.95. The molecule has 2 atom stereocenters. The molecule has 2 N–H and O–H groups in total. The Labute approximate surface area is 73.9 Å². The van der Waals surface area contributed by atoms with Crippen LogP contribution in [0.5, 0.6) is 0 Å². The summed E-state index contributed by atoms with van der Waals surface area (Å²) >= 11 is 0. The number of hydrogen-bond acceptors (Lipinski definition) is 2. The molecular weight excluding hydrogens is 155 g/mol. The maximum absolute atomic E-state index is 13.0. The molecule has 3 heteroatoms. The minimum Gasteiger partial charge on any atom is -0.314 e.